The number of carbonyl (C=O) groups excluding carboxylic acids is 1. The molecule has 0 aliphatic heterocycles. The number of ketones is 1. The van der Waals surface area contributed by atoms with Gasteiger partial charge in [0, 0.05) is 6.42 Å². The first-order valence-electron chi connectivity index (χ1n) is 4.74. The molecule has 0 fully saturated rings. The Morgan fingerprint density at radius 1 is 1.71 bits per heavy atom. The molecule has 1 atom stereocenters. The van der Waals surface area contributed by atoms with Gasteiger partial charge in [0.15, 0.2) is 5.78 Å². The summed E-state index contributed by atoms with van der Waals surface area (Å²) in [5.41, 5.74) is 0.0657. The Balaban J connectivity index is 2.81. The lowest BCUT2D eigenvalue weighted by atomic mass is 9.73. The lowest BCUT2D eigenvalue weighted by Gasteiger charge is -2.31. The van der Waals surface area contributed by atoms with Crippen LogP contribution in [0, 0.1) is 5.41 Å². The number of hydrogen-bond acceptors (Lipinski definition) is 1. The fourth-order valence-electron chi connectivity index (χ4n) is 1.87. The molecule has 14 heavy (non-hydrogen) atoms. The standard InChI is InChI=1S/C12H15BrO/c1-3-6-12(9-10(2)13)7-4-11(14)5-8-12/h3-4,7H,1-2,5-6,8-9H2. The average molecular weight is 255 g/mol. The zero-order valence-corrected chi connectivity index (χ0v) is 9.85. The number of halogens is 1. The molecule has 0 N–H and O–H groups in total. The molecule has 0 amide bonds. The van der Waals surface area contributed by atoms with Crippen LogP contribution in [0.3, 0.4) is 0 Å². The summed E-state index contributed by atoms with van der Waals surface area (Å²) in [5, 5.41) is 0. The topological polar surface area (TPSA) is 17.1 Å². The molecule has 1 unspecified atom stereocenters. The normalized spacial score (nSPS) is 26.2. The van der Waals surface area contributed by atoms with Crippen LogP contribution in [0.5, 0.6) is 0 Å². The molecule has 1 rings (SSSR count). The van der Waals surface area contributed by atoms with Crippen molar-refractivity contribution in [3.05, 3.63) is 35.9 Å². The van der Waals surface area contributed by atoms with Gasteiger partial charge in [-0.25, -0.2) is 0 Å². The Kier molecular flexibility index (Phi) is 3.87. The van der Waals surface area contributed by atoms with Gasteiger partial charge in [-0.2, -0.15) is 0 Å². The Labute approximate surface area is 93.7 Å². The fraction of sp³-hybridized carbons (Fsp3) is 0.417. The lowest BCUT2D eigenvalue weighted by Crippen LogP contribution is -2.22. The van der Waals surface area contributed by atoms with E-state index in [0.29, 0.717) is 6.42 Å². The van der Waals surface area contributed by atoms with Crippen LogP contribution in [0.4, 0.5) is 0 Å². The maximum atomic E-state index is 11.1. The van der Waals surface area contributed by atoms with E-state index in [1.54, 1.807) is 6.08 Å². The summed E-state index contributed by atoms with van der Waals surface area (Å²) in [5.74, 6) is 0.227. The van der Waals surface area contributed by atoms with Gasteiger partial charge in [0.2, 0.25) is 0 Å². The molecule has 0 radical (unpaired) electrons. The van der Waals surface area contributed by atoms with Gasteiger partial charge >= 0.3 is 0 Å². The first kappa shape index (κ1) is 11.4. The smallest absolute Gasteiger partial charge is 0.155 e. The van der Waals surface area contributed by atoms with Crippen LogP contribution < -0.4 is 0 Å². The molecule has 0 bridgehead atoms. The number of rotatable bonds is 4. The lowest BCUT2D eigenvalue weighted by molar-refractivity contribution is -0.115. The molecule has 0 saturated heterocycles. The minimum Gasteiger partial charge on any atom is -0.295 e. The summed E-state index contributed by atoms with van der Waals surface area (Å²) in [6, 6.07) is 0. The molecule has 2 heteroatoms. The molecule has 0 aromatic rings. The van der Waals surface area contributed by atoms with E-state index in [-0.39, 0.29) is 11.2 Å². The average Bonchev–Trinajstić information content (AvgIpc) is 2.10. The second-order valence-electron chi connectivity index (χ2n) is 3.85. The third-order valence-electron chi connectivity index (χ3n) is 2.59. The van der Waals surface area contributed by atoms with Crippen molar-refractivity contribution in [1.82, 2.24) is 0 Å². The van der Waals surface area contributed by atoms with Crippen molar-refractivity contribution >= 4 is 21.7 Å². The summed E-state index contributed by atoms with van der Waals surface area (Å²) >= 11 is 3.38. The monoisotopic (exact) mass is 254 g/mol. The van der Waals surface area contributed by atoms with E-state index in [4.69, 9.17) is 0 Å². The highest BCUT2D eigenvalue weighted by molar-refractivity contribution is 9.11. The summed E-state index contributed by atoms with van der Waals surface area (Å²) in [6.45, 7) is 7.62. The quantitative estimate of drug-likeness (QED) is 0.699. The molecule has 1 aliphatic rings. The van der Waals surface area contributed by atoms with Crippen LogP contribution in [-0.2, 0) is 4.79 Å². The molecule has 1 aliphatic carbocycles. The Morgan fingerprint density at radius 3 is 2.86 bits per heavy atom. The van der Waals surface area contributed by atoms with E-state index in [2.05, 4.69) is 29.1 Å². The summed E-state index contributed by atoms with van der Waals surface area (Å²) < 4.78 is 0.985. The number of hydrogen-bond donors (Lipinski definition) is 0. The van der Waals surface area contributed by atoms with Crippen LogP contribution >= 0.6 is 15.9 Å². The van der Waals surface area contributed by atoms with Crippen LogP contribution in [0.25, 0.3) is 0 Å². The molecule has 1 nitrogen and oxygen atoms in total. The van der Waals surface area contributed by atoms with E-state index in [1.807, 2.05) is 12.2 Å². The summed E-state index contributed by atoms with van der Waals surface area (Å²) in [4.78, 5) is 11.1. The van der Waals surface area contributed by atoms with Gasteiger partial charge < -0.3 is 0 Å². The van der Waals surface area contributed by atoms with Gasteiger partial charge in [-0.05, 0) is 35.2 Å². The van der Waals surface area contributed by atoms with Crippen molar-refractivity contribution < 1.29 is 4.79 Å². The van der Waals surface area contributed by atoms with Gasteiger partial charge in [-0.15, -0.1) is 6.58 Å². The van der Waals surface area contributed by atoms with E-state index < -0.39 is 0 Å². The third kappa shape index (κ3) is 2.95. The van der Waals surface area contributed by atoms with Crippen molar-refractivity contribution in [3.8, 4) is 0 Å². The van der Waals surface area contributed by atoms with Gasteiger partial charge in [-0.1, -0.05) is 34.7 Å². The highest BCUT2D eigenvalue weighted by Crippen LogP contribution is 2.40. The fourth-order valence-corrected chi connectivity index (χ4v) is 2.43. The maximum absolute atomic E-state index is 11.1. The van der Waals surface area contributed by atoms with Crippen molar-refractivity contribution in [1.29, 1.82) is 0 Å². The minimum absolute atomic E-state index is 0.0657. The van der Waals surface area contributed by atoms with Crippen molar-refractivity contribution in [3.63, 3.8) is 0 Å². The van der Waals surface area contributed by atoms with Gasteiger partial charge in [0.25, 0.3) is 0 Å². The summed E-state index contributed by atoms with van der Waals surface area (Å²) in [6.07, 6.45) is 8.96. The molecule has 0 spiro atoms. The largest absolute Gasteiger partial charge is 0.295 e. The highest BCUT2D eigenvalue weighted by Gasteiger charge is 2.29. The maximum Gasteiger partial charge on any atom is 0.155 e. The zero-order valence-electron chi connectivity index (χ0n) is 8.26. The summed E-state index contributed by atoms with van der Waals surface area (Å²) in [7, 11) is 0. The van der Waals surface area contributed by atoms with Crippen LogP contribution in [0.15, 0.2) is 35.9 Å². The molecule has 0 aromatic carbocycles. The molecule has 0 aromatic heterocycles. The first-order valence-corrected chi connectivity index (χ1v) is 5.53. The second-order valence-corrected chi connectivity index (χ2v) is 4.97. The molecule has 0 saturated carbocycles. The SMILES string of the molecule is C=CCC1(CC(=C)Br)C=CC(=O)CC1. The molecule has 0 heterocycles. The van der Waals surface area contributed by atoms with Gasteiger partial charge in [0.1, 0.15) is 0 Å². The Morgan fingerprint density at radius 2 is 2.43 bits per heavy atom. The predicted octanol–water partition coefficient (Wildman–Crippen LogP) is 3.77. The molecule has 76 valence electrons. The predicted molar refractivity (Wildman–Crippen MR) is 63.3 cm³/mol. The van der Waals surface area contributed by atoms with Crippen molar-refractivity contribution in [2.24, 2.45) is 5.41 Å². The molecular weight excluding hydrogens is 240 g/mol. The third-order valence-corrected chi connectivity index (χ3v) is 2.87. The second kappa shape index (κ2) is 4.74. The van der Waals surface area contributed by atoms with E-state index in [9.17, 15) is 4.79 Å². The van der Waals surface area contributed by atoms with E-state index >= 15 is 0 Å². The first-order chi connectivity index (χ1) is 6.58. The van der Waals surface area contributed by atoms with Gasteiger partial charge in [-0.3, -0.25) is 4.79 Å². The van der Waals surface area contributed by atoms with Gasteiger partial charge in [0.05, 0.1) is 0 Å². The van der Waals surface area contributed by atoms with E-state index in [0.717, 1.165) is 23.7 Å². The van der Waals surface area contributed by atoms with E-state index in [1.165, 1.54) is 0 Å². The van der Waals surface area contributed by atoms with Crippen LogP contribution in [0.1, 0.15) is 25.7 Å². The Bertz CT molecular complexity index is 291. The van der Waals surface area contributed by atoms with Crippen molar-refractivity contribution in [2.45, 2.75) is 25.7 Å². The van der Waals surface area contributed by atoms with Crippen molar-refractivity contribution in [2.75, 3.05) is 0 Å². The van der Waals surface area contributed by atoms with Crippen LogP contribution in [0.2, 0.25) is 0 Å². The molecular formula is C12H15BrO. The number of carbonyl (C=O) groups is 1. The highest BCUT2D eigenvalue weighted by atomic mass is 79.9. The zero-order chi connectivity index (χ0) is 10.6. The van der Waals surface area contributed by atoms with Crippen LogP contribution in [-0.4, -0.2) is 5.78 Å². The Hall–Kier alpha value is -0.630. The number of allylic oxidation sites excluding steroid dienone is 4. The minimum atomic E-state index is 0.0657.